The molecule has 0 radical (unpaired) electrons. The van der Waals surface area contributed by atoms with Gasteiger partial charge < -0.3 is 9.47 Å². The number of unbranched alkanes of at least 4 members (excludes halogenated alkanes) is 11. The molecule has 0 bridgehead atoms. The molecule has 4 nitrogen and oxygen atoms in total. The summed E-state index contributed by atoms with van der Waals surface area (Å²) >= 11 is 0. The number of esters is 1. The summed E-state index contributed by atoms with van der Waals surface area (Å²) < 4.78 is 11.5. The predicted molar refractivity (Wildman–Crippen MR) is 178 cm³/mol. The van der Waals surface area contributed by atoms with Crippen LogP contribution in [0, 0.1) is 23.2 Å². The Kier molecular flexibility index (Phi) is 16.9. The molecule has 0 unspecified atom stereocenters. The lowest BCUT2D eigenvalue weighted by Crippen LogP contribution is -2.15. The normalized spacial score (nSPS) is 16.5. The Balaban J connectivity index is 1.34. The third-order valence-electron chi connectivity index (χ3n) is 9.25. The van der Waals surface area contributed by atoms with Crippen LogP contribution in [0.2, 0.25) is 0 Å². The van der Waals surface area contributed by atoms with Crippen LogP contribution in [0.4, 0.5) is 0 Å². The molecule has 0 heterocycles. The summed E-state index contributed by atoms with van der Waals surface area (Å²) in [5.74, 6) is 2.35. The van der Waals surface area contributed by atoms with E-state index in [1.54, 1.807) is 18.2 Å². The van der Waals surface area contributed by atoms with E-state index in [-0.39, 0.29) is 0 Å². The minimum Gasteiger partial charge on any atom is -0.494 e. The molecule has 0 aromatic heterocycles. The van der Waals surface area contributed by atoms with Gasteiger partial charge in [-0.2, -0.15) is 5.26 Å². The minimum absolute atomic E-state index is 0.324. The van der Waals surface area contributed by atoms with Gasteiger partial charge in [-0.05, 0) is 73.1 Å². The van der Waals surface area contributed by atoms with E-state index in [0.29, 0.717) is 23.5 Å². The molecular formula is C39H57NO3. The van der Waals surface area contributed by atoms with E-state index in [0.717, 1.165) is 36.0 Å². The molecule has 0 atom stereocenters. The van der Waals surface area contributed by atoms with Crippen LogP contribution in [-0.4, -0.2) is 12.6 Å². The lowest BCUT2D eigenvalue weighted by atomic mass is 9.78. The molecule has 1 saturated carbocycles. The molecule has 0 saturated heterocycles. The maximum absolute atomic E-state index is 12.8. The highest BCUT2D eigenvalue weighted by Gasteiger charge is 2.21. The Morgan fingerprint density at radius 1 is 0.744 bits per heavy atom. The molecule has 1 fully saturated rings. The van der Waals surface area contributed by atoms with Crippen LogP contribution in [0.25, 0.3) is 0 Å². The van der Waals surface area contributed by atoms with Crippen LogP contribution < -0.4 is 9.47 Å². The molecule has 0 spiro atoms. The number of nitriles is 1. The van der Waals surface area contributed by atoms with Crippen molar-refractivity contribution in [2.75, 3.05) is 6.61 Å². The van der Waals surface area contributed by atoms with Gasteiger partial charge in [0.1, 0.15) is 17.6 Å². The fourth-order valence-corrected chi connectivity index (χ4v) is 6.40. The van der Waals surface area contributed by atoms with Crippen LogP contribution in [0.5, 0.6) is 11.5 Å². The highest BCUT2D eigenvalue weighted by Crippen LogP contribution is 2.34. The first-order chi connectivity index (χ1) is 21.1. The first-order valence-electron chi connectivity index (χ1n) is 17.6. The van der Waals surface area contributed by atoms with Gasteiger partial charge in [0.15, 0.2) is 0 Å². The molecule has 0 N–H and O–H groups in total. The summed E-state index contributed by atoms with van der Waals surface area (Å²) in [6.45, 7) is 5.23. The number of ether oxygens (including phenoxy) is 2. The van der Waals surface area contributed by atoms with E-state index in [1.807, 2.05) is 24.3 Å². The van der Waals surface area contributed by atoms with Gasteiger partial charge in [0, 0.05) is 0 Å². The quantitative estimate of drug-likeness (QED) is 0.0828. The van der Waals surface area contributed by atoms with Crippen molar-refractivity contribution < 1.29 is 14.3 Å². The molecule has 3 rings (SSSR count). The fourth-order valence-electron chi connectivity index (χ4n) is 6.40. The molecule has 1 aliphatic carbocycles. The van der Waals surface area contributed by atoms with Crippen molar-refractivity contribution in [3.63, 3.8) is 0 Å². The largest absolute Gasteiger partial charge is 0.494 e. The number of rotatable bonds is 21. The summed E-state index contributed by atoms with van der Waals surface area (Å²) in [6, 6.07) is 15.0. The summed E-state index contributed by atoms with van der Waals surface area (Å²) in [4.78, 5) is 12.8. The Morgan fingerprint density at radius 3 is 1.95 bits per heavy atom. The first-order valence-corrected chi connectivity index (χ1v) is 17.6. The van der Waals surface area contributed by atoms with E-state index >= 15 is 0 Å². The monoisotopic (exact) mass is 587 g/mol. The second-order valence-electron chi connectivity index (χ2n) is 12.8. The van der Waals surface area contributed by atoms with Gasteiger partial charge >= 0.3 is 5.97 Å². The molecule has 2 aromatic rings. The number of benzene rings is 2. The van der Waals surface area contributed by atoms with Crippen LogP contribution in [-0.2, 0) is 6.42 Å². The van der Waals surface area contributed by atoms with Gasteiger partial charge in [0.05, 0.1) is 17.7 Å². The average molecular weight is 588 g/mol. The van der Waals surface area contributed by atoms with Crippen molar-refractivity contribution in [1.82, 2.24) is 0 Å². The molecule has 1 aliphatic rings. The Morgan fingerprint density at radius 2 is 1.33 bits per heavy atom. The zero-order chi connectivity index (χ0) is 30.5. The van der Waals surface area contributed by atoms with Gasteiger partial charge in [0.25, 0.3) is 0 Å². The zero-order valence-electron chi connectivity index (χ0n) is 27.2. The summed E-state index contributed by atoms with van der Waals surface area (Å²) in [5.41, 5.74) is 2.01. The van der Waals surface area contributed by atoms with Crippen LogP contribution >= 0.6 is 0 Å². The number of hydrogen-bond acceptors (Lipinski definition) is 4. The summed E-state index contributed by atoms with van der Waals surface area (Å²) in [5, 5.41) is 9.74. The number of aryl methyl sites for hydroxylation is 1. The van der Waals surface area contributed by atoms with Crippen LogP contribution in [0.3, 0.4) is 0 Å². The Labute approximate surface area is 262 Å². The van der Waals surface area contributed by atoms with E-state index < -0.39 is 5.97 Å². The number of carbonyl (C=O) groups excluding carboxylic acids is 1. The van der Waals surface area contributed by atoms with E-state index in [4.69, 9.17) is 9.47 Å². The standard InChI is InChI=1S/C39H57NO3/c1-3-5-7-8-9-10-11-12-13-15-29-42-37-26-24-35(25-27-37)39(41)43-38-28-23-34(30-36(38)31-40)22-21-33-19-17-32(18-20-33)16-14-6-4-2/h23-28,30,32-33H,3-22,29H2,1-2H3. The van der Waals surface area contributed by atoms with Crippen molar-refractivity contribution in [1.29, 1.82) is 5.26 Å². The van der Waals surface area contributed by atoms with E-state index in [1.165, 1.54) is 116 Å². The van der Waals surface area contributed by atoms with Crippen molar-refractivity contribution in [2.45, 2.75) is 142 Å². The van der Waals surface area contributed by atoms with Gasteiger partial charge in [-0.1, -0.05) is 129 Å². The second kappa shape index (κ2) is 21.0. The van der Waals surface area contributed by atoms with Gasteiger partial charge in [-0.3, -0.25) is 0 Å². The third kappa shape index (κ3) is 13.6. The SMILES string of the molecule is CCCCCCCCCCCCOc1ccc(C(=O)Oc2ccc(CCC3CCC(CCCCC)CC3)cc2C#N)cc1. The molecule has 43 heavy (non-hydrogen) atoms. The maximum Gasteiger partial charge on any atom is 0.343 e. The van der Waals surface area contributed by atoms with Gasteiger partial charge in [-0.15, -0.1) is 0 Å². The fraction of sp³-hybridized carbons (Fsp3) is 0.641. The van der Waals surface area contributed by atoms with E-state index in [2.05, 4.69) is 19.9 Å². The van der Waals surface area contributed by atoms with Crippen molar-refractivity contribution >= 4 is 5.97 Å². The number of nitrogens with zero attached hydrogens (tertiary/aromatic N) is 1. The lowest BCUT2D eigenvalue weighted by molar-refractivity contribution is 0.0734. The number of carbonyl (C=O) groups is 1. The Hall–Kier alpha value is -2.80. The predicted octanol–water partition coefficient (Wildman–Crippen LogP) is 11.4. The van der Waals surface area contributed by atoms with Crippen molar-refractivity contribution in [3.05, 3.63) is 59.2 Å². The molecular weight excluding hydrogens is 530 g/mol. The van der Waals surface area contributed by atoms with Gasteiger partial charge in [0.2, 0.25) is 0 Å². The Bertz CT molecular complexity index is 1080. The third-order valence-corrected chi connectivity index (χ3v) is 9.25. The van der Waals surface area contributed by atoms with Crippen LogP contribution in [0.15, 0.2) is 42.5 Å². The van der Waals surface area contributed by atoms with E-state index in [9.17, 15) is 10.1 Å². The zero-order valence-corrected chi connectivity index (χ0v) is 27.2. The lowest BCUT2D eigenvalue weighted by Gasteiger charge is -2.28. The van der Waals surface area contributed by atoms with Crippen molar-refractivity contribution in [2.24, 2.45) is 11.8 Å². The second-order valence-corrected chi connectivity index (χ2v) is 12.8. The summed E-state index contributed by atoms with van der Waals surface area (Å²) in [7, 11) is 0. The minimum atomic E-state index is -0.457. The first kappa shape index (κ1) is 34.7. The maximum atomic E-state index is 12.8. The smallest absolute Gasteiger partial charge is 0.343 e. The molecule has 236 valence electrons. The highest BCUT2D eigenvalue weighted by atomic mass is 16.5. The van der Waals surface area contributed by atoms with Crippen molar-refractivity contribution in [3.8, 4) is 17.6 Å². The van der Waals surface area contributed by atoms with Crippen LogP contribution in [0.1, 0.15) is 157 Å². The summed E-state index contributed by atoms with van der Waals surface area (Å²) in [6.07, 6.45) is 26.0. The molecule has 0 amide bonds. The molecule has 0 aliphatic heterocycles. The molecule has 2 aromatic carbocycles. The highest BCUT2D eigenvalue weighted by molar-refractivity contribution is 5.91. The number of hydrogen-bond donors (Lipinski definition) is 0. The van der Waals surface area contributed by atoms with Gasteiger partial charge in [-0.25, -0.2) is 4.79 Å². The topological polar surface area (TPSA) is 59.3 Å². The molecule has 4 heteroatoms. The average Bonchev–Trinajstić information content (AvgIpc) is 3.04.